The van der Waals surface area contributed by atoms with Crippen molar-refractivity contribution >= 4 is 0 Å². The minimum Gasteiger partial charge on any atom is -0.504 e. The van der Waals surface area contributed by atoms with Gasteiger partial charge < -0.3 is 5.11 Å². The lowest BCUT2D eigenvalue weighted by Crippen LogP contribution is -2.05. The van der Waals surface area contributed by atoms with Crippen molar-refractivity contribution in [3.63, 3.8) is 0 Å². The van der Waals surface area contributed by atoms with Crippen LogP contribution in [-0.2, 0) is 0 Å². The Kier molecular flexibility index (Phi) is 2.64. The van der Waals surface area contributed by atoms with Crippen molar-refractivity contribution in [1.29, 1.82) is 0 Å². The average Bonchev–Trinajstić information content (AvgIpc) is 2.29. The zero-order valence-electron chi connectivity index (χ0n) is 9.00. The van der Waals surface area contributed by atoms with Gasteiger partial charge in [-0.2, -0.15) is 5.10 Å². The number of nitrogens with zero attached hydrogens (tertiary/aromatic N) is 2. The molecular weight excluding hydrogens is 164 g/mol. The lowest BCUT2D eigenvalue weighted by Gasteiger charge is -2.06. The molecule has 0 unspecified atom stereocenters. The summed E-state index contributed by atoms with van der Waals surface area (Å²) in [4.78, 5) is 0. The SMILES string of the molecule is Cc1c(O)c(C(C)C)nn1C(C)C. The second-order valence-corrected chi connectivity index (χ2v) is 4.01. The first-order chi connectivity index (χ1) is 5.95. The van der Waals surface area contributed by atoms with Crippen molar-refractivity contribution in [2.45, 2.75) is 46.6 Å². The van der Waals surface area contributed by atoms with E-state index in [4.69, 9.17) is 0 Å². The van der Waals surface area contributed by atoms with E-state index in [-0.39, 0.29) is 5.92 Å². The van der Waals surface area contributed by atoms with Gasteiger partial charge in [-0.25, -0.2) is 0 Å². The summed E-state index contributed by atoms with van der Waals surface area (Å²) in [6.45, 7) is 10.1. The monoisotopic (exact) mass is 182 g/mol. The molecule has 0 aromatic carbocycles. The highest BCUT2D eigenvalue weighted by atomic mass is 16.3. The zero-order valence-corrected chi connectivity index (χ0v) is 9.00. The maximum absolute atomic E-state index is 9.75. The summed E-state index contributed by atoms with van der Waals surface area (Å²) >= 11 is 0. The van der Waals surface area contributed by atoms with E-state index in [2.05, 4.69) is 18.9 Å². The molecule has 1 rings (SSSR count). The summed E-state index contributed by atoms with van der Waals surface area (Å²) < 4.78 is 1.87. The molecule has 0 saturated carbocycles. The Morgan fingerprint density at radius 1 is 1.23 bits per heavy atom. The standard InChI is InChI=1S/C10H18N2O/c1-6(2)9-10(13)8(5)12(11-9)7(3)4/h6-7,13H,1-5H3. The van der Waals surface area contributed by atoms with Gasteiger partial charge in [0.15, 0.2) is 5.75 Å². The third-order valence-corrected chi connectivity index (χ3v) is 2.18. The van der Waals surface area contributed by atoms with Crippen LogP contribution in [0.3, 0.4) is 0 Å². The molecule has 0 aliphatic carbocycles. The Hall–Kier alpha value is -0.990. The van der Waals surface area contributed by atoms with Crippen LogP contribution in [0.1, 0.15) is 51.0 Å². The Morgan fingerprint density at radius 2 is 1.77 bits per heavy atom. The summed E-state index contributed by atoms with van der Waals surface area (Å²) in [5.41, 5.74) is 1.66. The summed E-state index contributed by atoms with van der Waals surface area (Å²) in [5, 5.41) is 14.1. The van der Waals surface area contributed by atoms with Gasteiger partial charge in [0.1, 0.15) is 5.69 Å². The van der Waals surface area contributed by atoms with E-state index in [0.29, 0.717) is 11.8 Å². The van der Waals surface area contributed by atoms with Crippen LogP contribution in [0.15, 0.2) is 0 Å². The first-order valence-corrected chi connectivity index (χ1v) is 4.73. The van der Waals surface area contributed by atoms with Gasteiger partial charge >= 0.3 is 0 Å². The Morgan fingerprint density at radius 3 is 2.00 bits per heavy atom. The molecule has 0 spiro atoms. The van der Waals surface area contributed by atoms with Crippen molar-refractivity contribution in [3.05, 3.63) is 11.4 Å². The van der Waals surface area contributed by atoms with E-state index >= 15 is 0 Å². The molecule has 0 bridgehead atoms. The molecule has 1 aromatic rings. The van der Waals surface area contributed by atoms with Crippen LogP contribution in [0.4, 0.5) is 0 Å². The zero-order chi connectivity index (χ0) is 10.2. The molecule has 0 saturated heterocycles. The van der Waals surface area contributed by atoms with Gasteiger partial charge in [-0.3, -0.25) is 4.68 Å². The predicted octanol–water partition coefficient (Wildman–Crippen LogP) is 2.60. The quantitative estimate of drug-likeness (QED) is 0.763. The van der Waals surface area contributed by atoms with Gasteiger partial charge in [0.05, 0.1) is 5.69 Å². The van der Waals surface area contributed by atoms with Crippen LogP contribution < -0.4 is 0 Å². The van der Waals surface area contributed by atoms with Crippen LogP contribution in [0, 0.1) is 6.92 Å². The maximum Gasteiger partial charge on any atom is 0.160 e. The highest BCUT2D eigenvalue weighted by Crippen LogP contribution is 2.29. The van der Waals surface area contributed by atoms with E-state index < -0.39 is 0 Å². The number of hydrogen-bond donors (Lipinski definition) is 1. The minimum atomic E-state index is 0.277. The fourth-order valence-electron chi connectivity index (χ4n) is 1.42. The van der Waals surface area contributed by atoms with Crippen molar-refractivity contribution in [2.75, 3.05) is 0 Å². The molecular formula is C10H18N2O. The van der Waals surface area contributed by atoms with E-state index in [1.54, 1.807) is 0 Å². The highest BCUT2D eigenvalue weighted by molar-refractivity contribution is 5.33. The molecule has 13 heavy (non-hydrogen) atoms. The number of aromatic hydroxyl groups is 1. The van der Waals surface area contributed by atoms with Gasteiger partial charge in [0.2, 0.25) is 0 Å². The molecule has 1 heterocycles. The van der Waals surface area contributed by atoms with Gasteiger partial charge in [0.25, 0.3) is 0 Å². The van der Waals surface area contributed by atoms with Crippen molar-refractivity contribution in [1.82, 2.24) is 9.78 Å². The fourth-order valence-corrected chi connectivity index (χ4v) is 1.42. The van der Waals surface area contributed by atoms with Crippen LogP contribution in [0.5, 0.6) is 5.75 Å². The van der Waals surface area contributed by atoms with Crippen LogP contribution >= 0.6 is 0 Å². The van der Waals surface area contributed by atoms with Gasteiger partial charge in [0, 0.05) is 12.0 Å². The molecule has 1 aromatic heterocycles. The summed E-state index contributed by atoms with van der Waals surface area (Å²) in [6.07, 6.45) is 0. The summed E-state index contributed by atoms with van der Waals surface area (Å²) in [7, 11) is 0. The molecule has 0 amide bonds. The second-order valence-electron chi connectivity index (χ2n) is 4.01. The maximum atomic E-state index is 9.75. The van der Waals surface area contributed by atoms with Crippen molar-refractivity contribution in [2.24, 2.45) is 0 Å². The highest BCUT2D eigenvalue weighted by Gasteiger charge is 2.17. The molecule has 0 fully saturated rings. The third kappa shape index (κ3) is 1.69. The molecule has 0 atom stereocenters. The van der Waals surface area contributed by atoms with E-state index in [1.165, 1.54) is 0 Å². The van der Waals surface area contributed by atoms with Gasteiger partial charge in [-0.1, -0.05) is 13.8 Å². The van der Waals surface area contributed by atoms with Crippen molar-refractivity contribution in [3.8, 4) is 5.75 Å². The largest absolute Gasteiger partial charge is 0.504 e. The summed E-state index contributed by atoms with van der Waals surface area (Å²) in [5.74, 6) is 0.627. The Balaban J connectivity index is 3.20. The van der Waals surface area contributed by atoms with Gasteiger partial charge in [-0.15, -0.1) is 0 Å². The lowest BCUT2D eigenvalue weighted by molar-refractivity contribution is 0.456. The topological polar surface area (TPSA) is 38.1 Å². The predicted molar refractivity (Wildman–Crippen MR) is 53.1 cm³/mol. The van der Waals surface area contributed by atoms with Crippen molar-refractivity contribution < 1.29 is 5.11 Å². The normalized spacial score (nSPS) is 11.6. The molecule has 0 radical (unpaired) electrons. The lowest BCUT2D eigenvalue weighted by atomic mass is 10.1. The summed E-state index contributed by atoms with van der Waals surface area (Å²) in [6, 6.07) is 0.304. The van der Waals surface area contributed by atoms with Crippen LogP contribution in [0.2, 0.25) is 0 Å². The first kappa shape index (κ1) is 10.1. The molecule has 3 nitrogen and oxygen atoms in total. The molecule has 0 aliphatic heterocycles. The molecule has 3 heteroatoms. The van der Waals surface area contributed by atoms with Gasteiger partial charge in [-0.05, 0) is 20.8 Å². The Bertz CT molecular complexity index is 272. The van der Waals surface area contributed by atoms with Crippen LogP contribution in [0.25, 0.3) is 0 Å². The number of aromatic nitrogens is 2. The van der Waals surface area contributed by atoms with E-state index in [1.807, 2.05) is 25.5 Å². The van der Waals surface area contributed by atoms with E-state index in [9.17, 15) is 5.11 Å². The first-order valence-electron chi connectivity index (χ1n) is 4.73. The fraction of sp³-hybridized carbons (Fsp3) is 0.700. The molecule has 1 N–H and O–H groups in total. The smallest absolute Gasteiger partial charge is 0.160 e. The third-order valence-electron chi connectivity index (χ3n) is 2.18. The minimum absolute atomic E-state index is 0.277. The van der Waals surface area contributed by atoms with Crippen LogP contribution in [-0.4, -0.2) is 14.9 Å². The van der Waals surface area contributed by atoms with E-state index in [0.717, 1.165) is 11.4 Å². The Labute approximate surface area is 79.4 Å². The second kappa shape index (κ2) is 3.40. The average molecular weight is 182 g/mol. The number of hydrogen-bond acceptors (Lipinski definition) is 2. The number of rotatable bonds is 2. The molecule has 74 valence electrons. The molecule has 0 aliphatic rings.